The highest BCUT2D eigenvalue weighted by Gasteiger charge is 2.12. The minimum atomic E-state index is -0.244. The molecular formula is C13H11N5O. The molecular weight excluding hydrogens is 242 g/mol. The smallest absolute Gasteiger partial charge is 0.256 e. The lowest BCUT2D eigenvalue weighted by molar-refractivity contribution is 0.102. The Bertz CT molecular complexity index is 736. The monoisotopic (exact) mass is 253 g/mol. The Kier molecular flexibility index (Phi) is 2.60. The number of H-pyrrole nitrogens is 1. The molecule has 0 atom stereocenters. The number of nitrogens with one attached hydrogen (secondary N) is 2. The Labute approximate surface area is 108 Å². The second-order valence-corrected chi connectivity index (χ2v) is 4.05. The molecule has 0 bridgehead atoms. The minimum Gasteiger partial charge on any atom is -0.384 e. The highest BCUT2D eigenvalue weighted by Crippen LogP contribution is 2.20. The molecule has 0 fully saturated rings. The lowest BCUT2D eigenvalue weighted by Crippen LogP contribution is -2.13. The zero-order valence-electron chi connectivity index (χ0n) is 9.92. The number of rotatable bonds is 2. The van der Waals surface area contributed by atoms with Crippen LogP contribution in [0.4, 0.5) is 11.5 Å². The summed E-state index contributed by atoms with van der Waals surface area (Å²) in [6.07, 6.45) is 3.13. The molecule has 0 radical (unpaired) electrons. The van der Waals surface area contributed by atoms with Gasteiger partial charge in [0.05, 0.1) is 23.0 Å². The van der Waals surface area contributed by atoms with Gasteiger partial charge in [0.2, 0.25) is 0 Å². The first-order valence-corrected chi connectivity index (χ1v) is 5.69. The summed E-state index contributed by atoms with van der Waals surface area (Å²) in [6.45, 7) is 0. The second kappa shape index (κ2) is 4.41. The van der Waals surface area contributed by atoms with Gasteiger partial charge in [-0.3, -0.25) is 9.89 Å². The third-order valence-electron chi connectivity index (χ3n) is 2.74. The Morgan fingerprint density at radius 1 is 1.32 bits per heavy atom. The average molecular weight is 253 g/mol. The molecule has 6 heteroatoms. The van der Waals surface area contributed by atoms with E-state index in [1.54, 1.807) is 12.3 Å². The van der Waals surface area contributed by atoms with E-state index in [0.29, 0.717) is 22.6 Å². The molecule has 6 nitrogen and oxygen atoms in total. The van der Waals surface area contributed by atoms with Crippen LogP contribution in [0.3, 0.4) is 0 Å². The lowest BCUT2D eigenvalue weighted by Gasteiger charge is -2.07. The van der Waals surface area contributed by atoms with Gasteiger partial charge >= 0.3 is 0 Å². The van der Waals surface area contributed by atoms with Crippen LogP contribution in [-0.2, 0) is 0 Å². The van der Waals surface area contributed by atoms with Crippen LogP contribution in [0.2, 0.25) is 0 Å². The number of aromatic amines is 1. The first-order chi connectivity index (χ1) is 9.24. The number of aromatic nitrogens is 3. The van der Waals surface area contributed by atoms with Gasteiger partial charge in [0.1, 0.15) is 5.82 Å². The van der Waals surface area contributed by atoms with E-state index in [1.165, 1.54) is 6.20 Å². The maximum atomic E-state index is 12.2. The molecule has 0 unspecified atom stereocenters. The number of nitrogens with two attached hydrogens (primary N) is 1. The maximum absolute atomic E-state index is 12.2. The quantitative estimate of drug-likeness (QED) is 0.648. The molecule has 0 saturated carbocycles. The van der Waals surface area contributed by atoms with Crippen molar-refractivity contribution in [3.8, 4) is 0 Å². The van der Waals surface area contributed by atoms with Crippen molar-refractivity contribution in [1.82, 2.24) is 15.2 Å². The number of nitrogens with zero attached hydrogens (tertiary/aromatic N) is 2. The van der Waals surface area contributed by atoms with E-state index in [0.717, 1.165) is 5.39 Å². The fourth-order valence-corrected chi connectivity index (χ4v) is 1.90. The van der Waals surface area contributed by atoms with Crippen LogP contribution >= 0.6 is 0 Å². The van der Waals surface area contributed by atoms with Crippen molar-refractivity contribution < 1.29 is 4.79 Å². The molecule has 3 aromatic rings. The second-order valence-electron chi connectivity index (χ2n) is 4.05. The van der Waals surface area contributed by atoms with E-state index >= 15 is 0 Å². The fraction of sp³-hybridized carbons (Fsp3) is 0. The van der Waals surface area contributed by atoms with Gasteiger partial charge in [-0.05, 0) is 12.1 Å². The SMILES string of the molecule is Nc1cc(C(=O)Nc2cn[nH]c2)c2ccccc2n1. The van der Waals surface area contributed by atoms with Crippen molar-refractivity contribution >= 4 is 28.3 Å². The van der Waals surface area contributed by atoms with Crippen LogP contribution in [0.5, 0.6) is 0 Å². The molecule has 2 heterocycles. The van der Waals surface area contributed by atoms with Crippen LogP contribution in [0.1, 0.15) is 10.4 Å². The standard InChI is InChI=1S/C13H11N5O/c14-12-5-10(9-3-1-2-4-11(9)18-12)13(19)17-8-6-15-16-7-8/h1-7H,(H2,14,18)(H,15,16)(H,17,19). The first-order valence-electron chi connectivity index (χ1n) is 5.69. The Morgan fingerprint density at radius 3 is 2.95 bits per heavy atom. The first kappa shape index (κ1) is 11.2. The molecule has 0 aliphatic heterocycles. The number of amides is 1. The van der Waals surface area contributed by atoms with Crippen molar-refractivity contribution in [1.29, 1.82) is 0 Å². The Hall–Kier alpha value is -2.89. The molecule has 2 aromatic heterocycles. The summed E-state index contributed by atoms with van der Waals surface area (Å²) in [4.78, 5) is 16.4. The predicted molar refractivity (Wildman–Crippen MR) is 72.7 cm³/mol. The number of carbonyl (C=O) groups excluding carboxylic acids is 1. The number of fused-ring (bicyclic) bond motifs is 1. The summed E-state index contributed by atoms with van der Waals surface area (Å²) in [5.74, 6) is 0.0720. The van der Waals surface area contributed by atoms with Gasteiger partial charge < -0.3 is 11.1 Å². The zero-order valence-corrected chi connectivity index (χ0v) is 9.92. The van der Waals surface area contributed by atoms with Gasteiger partial charge in [0.15, 0.2) is 0 Å². The van der Waals surface area contributed by atoms with Gasteiger partial charge in [-0.25, -0.2) is 4.98 Å². The van der Waals surface area contributed by atoms with Gasteiger partial charge in [-0.15, -0.1) is 0 Å². The summed E-state index contributed by atoms with van der Waals surface area (Å²) in [6, 6.07) is 8.94. The van der Waals surface area contributed by atoms with E-state index in [4.69, 9.17) is 5.73 Å². The molecule has 3 rings (SSSR count). The van der Waals surface area contributed by atoms with Crippen molar-refractivity contribution in [2.45, 2.75) is 0 Å². The van der Waals surface area contributed by atoms with Gasteiger partial charge in [0.25, 0.3) is 5.91 Å². The summed E-state index contributed by atoms with van der Waals surface area (Å²) >= 11 is 0. The highest BCUT2D eigenvalue weighted by atomic mass is 16.1. The van der Waals surface area contributed by atoms with Crippen molar-refractivity contribution in [2.75, 3.05) is 11.1 Å². The molecule has 4 N–H and O–H groups in total. The third kappa shape index (κ3) is 2.11. The Balaban J connectivity index is 2.06. The van der Waals surface area contributed by atoms with Gasteiger partial charge in [-0.1, -0.05) is 18.2 Å². The number of para-hydroxylation sites is 1. The van der Waals surface area contributed by atoms with Crippen LogP contribution in [0, 0.1) is 0 Å². The molecule has 1 amide bonds. The number of pyridine rings is 1. The summed E-state index contributed by atoms with van der Waals surface area (Å²) in [7, 11) is 0. The molecule has 0 saturated heterocycles. The van der Waals surface area contributed by atoms with E-state index < -0.39 is 0 Å². The molecule has 0 spiro atoms. The van der Waals surface area contributed by atoms with E-state index in [1.807, 2.05) is 24.3 Å². The van der Waals surface area contributed by atoms with Gasteiger partial charge in [-0.2, -0.15) is 5.10 Å². The normalized spacial score (nSPS) is 10.5. The maximum Gasteiger partial charge on any atom is 0.256 e. The summed E-state index contributed by atoms with van der Waals surface area (Å²) < 4.78 is 0. The van der Waals surface area contributed by atoms with Crippen molar-refractivity contribution in [3.63, 3.8) is 0 Å². The van der Waals surface area contributed by atoms with E-state index in [2.05, 4.69) is 20.5 Å². The number of carbonyl (C=O) groups is 1. The summed E-state index contributed by atoms with van der Waals surface area (Å²) in [5.41, 5.74) is 7.51. The number of benzene rings is 1. The van der Waals surface area contributed by atoms with Crippen LogP contribution < -0.4 is 11.1 Å². The fourth-order valence-electron chi connectivity index (χ4n) is 1.90. The van der Waals surface area contributed by atoms with Crippen molar-refractivity contribution in [3.05, 3.63) is 48.3 Å². The third-order valence-corrected chi connectivity index (χ3v) is 2.74. The topological polar surface area (TPSA) is 96.7 Å². The molecule has 94 valence electrons. The largest absolute Gasteiger partial charge is 0.384 e. The number of nitrogen functional groups attached to an aromatic ring is 1. The summed E-state index contributed by atoms with van der Waals surface area (Å²) in [5, 5.41) is 9.91. The van der Waals surface area contributed by atoms with Crippen LogP contribution in [0.25, 0.3) is 10.9 Å². The molecule has 19 heavy (non-hydrogen) atoms. The Morgan fingerprint density at radius 2 is 2.16 bits per heavy atom. The number of hydrogen-bond acceptors (Lipinski definition) is 4. The highest BCUT2D eigenvalue weighted by molar-refractivity contribution is 6.12. The average Bonchev–Trinajstić information content (AvgIpc) is 2.90. The molecule has 0 aliphatic carbocycles. The van der Waals surface area contributed by atoms with Gasteiger partial charge in [0, 0.05) is 11.6 Å². The minimum absolute atomic E-state index is 0.244. The molecule has 0 aliphatic rings. The predicted octanol–water partition coefficient (Wildman–Crippen LogP) is 1.79. The number of anilines is 2. The molecule has 1 aromatic carbocycles. The van der Waals surface area contributed by atoms with Crippen molar-refractivity contribution in [2.24, 2.45) is 0 Å². The zero-order chi connectivity index (χ0) is 13.2. The van der Waals surface area contributed by atoms with E-state index in [9.17, 15) is 4.79 Å². The number of hydrogen-bond donors (Lipinski definition) is 3. The van der Waals surface area contributed by atoms with E-state index in [-0.39, 0.29) is 5.91 Å². The van der Waals surface area contributed by atoms with Crippen LogP contribution in [0.15, 0.2) is 42.7 Å². The van der Waals surface area contributed by atoms with Crippen LogP contribution in [-0.4, -0.2) is 21.1 Å². The lowest BCUT2D eigenvalue weighted by atomic mass is 10.1.